The first-order valence-corrected chi connectivity index (χ1v) is 7.12. The Hall–Kier alpha value is -2.51. The molecule has 114 valence electrons. The van der Waals surface area contributed by atoms with E-state index in [0.717, 1.165) is 22.6 Å². The van der Waals surface area contributed by atoms with Gasteiger partial charge < -0.3 is 14.8 Å². The largest absolute Gasteiger partial charge is 0.497 e. The monoisotopic (exact) mass is 296 g/mol. The lowest BCUT2D eigenvalue weighted by atomic mass is 10.1. The molecule has 0 saturated heterocycles. The minimum Gasteiger partial charge on any atom is -0.497 e. The molecule has 0 amide bonds. The Kier molecular flexibility index (Phi) is 5.40. The van der Waals surface area contributed by atoms with Gasteiger partial charge in [0.2, 0.25) is 0 Å². The lowest BCUT2D eigenvalue weighted by molar-refractivity contribution is 0.391. The van der Waals surface area contributed by atoms with Gasteiger partial charge in [-0.3, -0.25) is 0 Å². The van der Waals surface area contributed by atoms with E-state index in [9.17, 15) is 0 Å². The highest BCUT2D eigenvalue weighted by Crippen LogP contribution is 2.29. The average molecular weight is 296 g/mol. The molecule has 22 heavy (non-hydrogen) atoms. The van der Waals surface area contributed by atoms with Crippen molar-refractivity contribution in [3.8, 4) is 17.6 Å². The summed E-state index contributed by atoms with van der Waals surface area (Å²) in [5, 5.41) is 12.3. The maximum Gasteiger partial charge on any atom is 0.123 e. The fraction of sp³-hybridized carbons (Fsp3) is 0.278. The average Bonchev–Trinajstić information content (AvgIpc) is 2.59. The van der Waals surface area contributed by atoms with Gasteiger partial charge in [0, 0.05) is 18.2 Å². The van der Waals surface area contributed by atoms with Gasteiger partial charge in [-0.2, -0.15) is 5.26 Å². The van der Waals surface area contributed by atoms with Crippen LogP contribution >= 0.6 is 0 Å². The first kappa shape index (κ1) is 15.9. The third-order valence-electron chi connectivity index (χ3n) is 3.60. The fourth-order valence-electron chi connectivity index (χ4n) is 2.26. The number of methoxy groups -OCH3 is 2. The second kappa shape index (κ2) is 7.48. The van der Waals surface area contributed by atoms with Gasteiger partial charge in [0.15, 0.2) is 0 Å². The molecule has 1 N–H and O–H groups in total. The van der Waals surface area contributed by atoms with Gasteiger partial charge in [-0.1, -0.05) is 12.1 Å². The summed E-state index contributed by atoms with van der Waals surface area (Å²) >= 11 is 0. The molecule has 2 rings (SSSR count). The van der Waals surface area contributed by atoms with Crippen molar-refractivity contribution in [3.05, 3.63) is 59.2 Å². The lowest BCUT2D eigenvalue weighted by Crippen LogP contribution is -2.18. The standard InChI is InChI=1S/C18H20N2O2/c1-13(17-10-16(21-2)8-9-18(17)22-3)20-12-15-6-4-14(11-19)5-7-15/h4-10,13,20H,12H2,1-3H3/t13-/m1/s1. The van der Waals surface area contributed by atoms with E-state index in [1.165, 1.54) is 0 Å². The fourth-order valence-corrected chi connectivity index (χ4v) is 2.26. The smallest absolute Gasteiger partial charge is 0.123 e. The topological polar surface area (TPSA) is 54.3 Å². The van der Waals surface area contributed by atoms with Crippen molar-refractivity contribution in [3.63, 3.8) is 0 Å². The number of nitrogens with one attached hydrogen (secondary N) is 1. The zero-order valence-corrected chi connectivity index (χ0v) is 13.1. The van der Waals surface area contributed by atoms with Crippen molar-refractivity contribution >= 4 is 0 Å². The van der Waals surface area contributed by atoms with Gasteiger partial charge in [0.1, 0.15) is 11.5 Å². The molecule has 0 aromatic heterocycles. The van der Waals surface area contributed by atoms with Crippen LogP contribution in [0.3, 0.4) is 0 Å². The Morgan fingerprint density at radius 2 is 1.82 bits per heavy atom. The quantitative estimate of drug-likeness (QED) is 0.887. The predicted molar refractivity (Wildman–Crippen MR) is 86.0 cm³/mol. The molecule has 0 fully saturated rings. The highest BCUT2D eigenvalue weighted by atomic mass is 16.5. The van der Waals surface area contributed by atoms with E-state index in [1.807, 2.05) is 42.5 Å². The molecule has 0 aliphatic rings. The van der Waals surface area contributed by atoms with Crippen LogP contribution in [0.2, 0.25) is 0 Å². The molecular formula is C18H20N2O2. The SMILES string of the molecule is COc1ccc(OC)c([C@@H](C)NCc2ccc(C#N)cc2)c1. The predicted octanol–water partition coefficient (Wildman–Crippen LogP) is 3.43. The number of hydrogen-bond acceptors (Lipinski definition) is 4. The van der Waals surface area contributed by atoms with Crippen LogP contribution in [-0.4, -0.2) is 14.2 Å². The van der Waals surface area contributed by atoms with E-state index in [2.05, 4.69) is 18.3 Å². The maximum absolute atomic E-state index is 8.81. The van der Waals surface area contributed by atoms with Gasteiger partial charge >= 0.3 is 0 Å². The second-order valence-electron chi connectivity index (χ2n) is 5.02. The summed E-state index contributed by atoms with van der Waals surface area (Å²) in [6, 6.07) is 15.6. The first-order chi connectivity index (χ1) is 10.7. The zero-order valence-electron chi connectivity index (χ0n) is 13.1. The molecule has 2 aromatic carbocycles. The van der Waals surface area contributed by atoms with Crippen LogP contribution in [0.5, 0.6) is 11.5 Å². The van der Waals surface area contributed by atoms with E-state index in [1.54, 1.807) is 14.2 Å². The molecule has 0 unspecified atom stereocenters. The molecule has 0 bridgehead atoms. The van der Waals surface area contributed by atoms with E-state index in [-0.39, 0.29) is 6.04 Å². The van der Waals surface area contributed by atoms with E-state index >= 15 is 0 Å². The number of nitrogens with zero attached hydrogens (tertiary/aromatic N) is 1. The molecule has 0 spiro atoms. The molecule has 1 atom stereocenters. The minimum absolute atomic E-state index is 0.112. The summed E-state index contributed by atoms with van der Waals surface area (Å²) in [4.78, 5) is 0. The van der Waals surface area contributed by atoms with Crippen molar-refractivity contribution in [1.29, 1.82) is 5.26 Å². The van der Waals surface area contributed by atoms with Crippen molar-refractivity contribution in [2.45, 2.75) is 19.5 Å². The van der Waals surface area contributed by atoms with Crippen molar-refractivity contribution in [1.82, 2.24) is 5.32 Å². The molecule has 0 saturated carbocycles. The Balaban J connectivity index is 2.08. The molecule has 0 radical (unpaired) electrons. The Bertz CT molecular complexity index is 660. The summed E-state index contributed by atoms with van der Waals surface area (Å²) in [6.45, 7) is 2.80. The summed E-state index contributed by atoms with van der Waals surface area (Å²) in [7, 11) is 3.32. The Morgan fingerprint density at radius 3 is 2.41 bits per heavy atom. The highest BCUT2D eigenvalue weighted by molar-refractivity contribution is 5.42. The number of nitriles is 1. The van der Waals surface area contributed by atoms with Crippen LogP contribution in [0, 0.1) is 11.3 Å². The van der Waals surface area contributed by atoms with Gasteiger partial charge in [0.05, 0.1) is 25.9 Å². The van der Waals surface area contributed by atoms with Crippen LogP contribution in [0.4, 0.5) is 0 Å². The molecule has 0 aliphatic heterocycles. The van der Waals surface area contributed by atoms with E-state index < -0.39 is 0 Å². The number of ether oxygens (including phenoxy) is 2. The van der Waals surface area contributed by atoms with Crippen molar-refractivity contribution in [2.24, 2.45) is 0 Å². The molecule has 2 aromatic rings. The third kappa shape index (κ3) is 3.78. The van der Waals surface area contributed by atoms with Gasteiger partial charge in [-0.25, -0.2) is 0 Å². The minimum atomic E-state index is 0.112. The van der Waals surface area contributed by atoms with Crippen molar-refractivity contribution in [2.75, 3.05) is 14.2 Å². The highest BCUT2D eigenvalue weighted by Gasteiger charge is 2.12. The maximum atomic E-state index is 8.81. The number of rotatable bonds is 6. The molecule has 4 heteroatoms. The van der Waals surface area contributed by atoms with E-state index in [4.69, 9.17) is 14.7 Å². The number of hydrogen-bond donors (Lipinski definition) is 1. The van der Waals surface area contributed by atoms with Crippen LogP contribution in [0.15, 0.2) is 42.5 Å². The zero-order chi connectivity index (χ0) is 15.9. The van der Waals surface area contributed by atoms with Gasteiger partial charge in [0.25, 0.3) is 0 Å². The number of benzene rings is 2. The molecule has 0 heterocycles. The molecule has 0 aliphatic carbocycles. The lowest BCUT2D eigenvalue weighted by Gasteiger charge is -2.18. The van der Waals surface area contributed by atoms with Gasteiger partial charge in [-0.15, -0.1) is 0 Å². The van der Waals surface area contributed by atoms with Crippen LogP contribution < -0.4 is 14.8 Å². The Morgan fingerprint density at radius 1 is 1.09 bits per heavy atom. The van der Waals surface area contributed by atoms with Gasteiger partial charge in [-0.05, 0) is 42.8 Å². The van der Waals surface area contributed by atoms with Crippen molar-refractivity contribution < 1.29 is 9.47 Å². The second-order valence-corrected chi connectivity index (χ2v) is 5.02. The summed E-state index contributed by atoms with van der Waals surface area (Å²) in [5.74, 6) is 1.64. The first-order valence-electron chi connectivity index (χ1n) is 7.12. The molecule has 4 nitrogen and oxygen atoms in total. The summed E-state index contributed by atoms with van der Waals surface area (Å²) in [5.41, 5.74) is 2.86. The summed E-state index contributed by atoms with van der Waals surface area (Å²) < 4.78 is 10.7. The normalized spacial score (nSPS) is 11.5. The molecular weight excluding hydrogens is 276 g/mol. The third-order valence-corrected chi connectivity index (χ3v) is 3.60. The van der Waals surface area contributed by atoms with Crippen LogP contribution in [-0.2, 0) is 6.54 Å². The Labute approximate surface area is 131 Å². The van der Waals surface area contributed by atoms with Crippen LogP contribution in [0.1, 0.15) is 29.7 Å². The summed E-state index contributed by atoms with van der Waals surface area (Å²) in [6.07, 6.45) is 0. The van der Waals surface area contributed by atoms with E-state index in [0.29, 0.717) is 12.1 Å². The van der Waals surface area contributed by atoms with Crippen LogP contribution in [0.25, 0.3) is 0 Å².